The van der Waals surface area contributed by atoms with Crippen LogP contribution in [0.2, 0.25) is 4.34 Å². The largest absolute Gasteiger partial charge is 0.380 e. The highest BCUT2D eigenvalue weighted by molar-refractivity contribution is 7.14. The normalized spacial score (nSPS) is 13.1. The minimum absolute atomic E-state index is 0.625. The molecule has 0 saturated carbocycles. The molecule has 1 N–H and O–H groups in total. The van der Waals surface area contributed by atoms with Crippen LogP contribution in [0.5, 0.6) is 0 Å². The van der Waals surface area contributed by atoms with E-state index in [4.69, 9.17) is 11.6 Å². The summed E-state index contributed by atoms with van der Waals surface area (Å²) in [7, 11) is 1.85. The van der Waals surface area contributed by atoms with Gasteiger partial charge in [0.05, 0.1) is 4.34 Å². The fourth-order valence-electron chi connectivity index (χ4n) is 1.26. The van der Waals surface area contributed by atoms with Gasteiger partial charge in [0.15, 0.2) is 0 Å². The molecule has 2 aromatic heterocycles. The van der Waals surface area contributed by atoms with Crippen molar-refractivity contribution >= 4 is 22.9 Å². The minimum atomic E-state index is -0.696. The van der Waals surface area contributed by atoms with Crippen LogP contribution in [0.1, 0.15) is 17.5 Å². The molecule has 0 fully saturated rings. The molecule has 0 amide bonds. The predicted molar refractivity (Wildman–Crippen MR) is 56.6 cm³/mol. The van der Waals surface area contributed by atoms with Crippen molar-refractivity contribution in [1.29, 1.82) is 0 Å². The zero-order chi connectivity index (χ0) is 10.1. The first-order valence-electron chi connectivity index (χ1n) is 4.07. The number of aliphatic hydroxyl groups excluding tert-OH is 1. The Morgan fingerprint density at radius 1 is 1.64 bits per heavy atom. The van der Waals surface area contributed by atoms with E-state index < -0.39 is 6.10 Å². The van der Waals surface area contributed by atoms with Crippen LogP contribution in [0.25, 0.3) is 0 Å². The van der Waals surface area contributed by atoms with E-state index in [2.05, 4.69) is 4.98 Å². The maximum Gasteiger partial charge on any atom is 0.142 e. The number of nitrogens with zero attached hydrogens (tertiary/aromatic N) is 2. The van der Waals surface area contributed by atoms with E-state index >= 15 is 0 Å². The van der Waals surface area contributed by atoms with Gasteiger partial charge in [0.2, 0.25) is 0 Å². The number of hydrogen-bond donors (Lipinski definition) is 1. The van der Waals surface area contributed by atoms with Crippen LogP contribution in [0.3, 0.4) is 0 Å². The molecule has 0 spiro atoms. The van der Waals surface area contributed by atoms with Gasteiger partial charge in [-0.25, -0.2) is 4.98 Å². The number of aryl methyl sites for hydroxylation is 1. The highest BCUT2D eigenvalue weighted by Crippen LogP contribution is 2.27. The molecule has 0 bridgehead atoms. The van der Waals surface area contributed by atoms with E-state index in [0.29, 0.717) is 10.2 Å². The molecule has 0 aliphatic rings. The lowest BCUT2D eigenvalue weighted by molar-refractivity contribution is 0.207. The van der Waals surface area contributed by atoms with Crippen LogP contribution in [0.15, 0.2) is 23.8 Å². The van der Waals surface area contributed by atoms with Crippen LogP contribution in [-0.2, 0) is 7.05 Å². The molecule has 0 aliphatic heterocycles. The summed E-state index contributed by atoms with van der Waals surface area (Å²) in [4.78, 5) is 4.08. The third-order valence-corrected chi connectivity index (χ3v) is 3.12. The molecule has 0 saturated heterocycles. The maximum absolute atomic E-state index is 9.94. The zero-order valence-corrected chi connectivity index (χ0v) is 9.09. The van der Waals surface area contributed by atoms with Gasteiger partial charge in [-0.3, -0.25) is 0 Å². The predicted octanol–water partition coefficient (Wildman–Crippen LogP) is 2.22. The van der Waals surface area contributed by atoms with E-state index in [-0.39, 0.29) is 0 Å². The molecule has 5 heteroatoms. The van der Waals surface area contributed by atoms with Crippen molar-refractivity contribution in [2.75, 3.05) is 0 Å². The number of rotatable bonds is 2. The zero-order valence-electron chi connectivity index (χ0n) is 7.51. The Morgan fingerprint density at radius 3 is 2.93 bits per heavy atom. The SMILES string of the molecule is Cn1ccnc1C(O)c1csc(Cl)c1. The topological polar surface area (TPSA) is 38.0 Å². The standard InChI is InChI=1S/C9H9ClN2OS/c1-12-3-2-11-9(12)8(13)6-4-7(10)14-5-6/h2-5,8,13H,1H3. The summed E-state index contributed by atoms with van der Waals surface area (Å²) in [5, 5.41) is 11.8. The van der Waals surface area contributed by atoms with Gasteiger partial charge in [0.1, 0.15) is 11.9 Å². The second kappa shape index (κ2) is 3.73. The maximum atomic E-state index is 9.94. The summed E-state index contributed by atoms with van der Waals surface area (Å²) in [5.41, 5.74) is 0.786. The lowest BCUT2D eigenvalue weighted by atomic mass is 10.2. The lowest BCUT2D eigenvalue weighted by Crippen LogP contribution is -2.05. The lowest BCUT2D eigenvalue weighted by Gasteiger charge is -2.07. The van der Waals surface area contributed by atoms with Crippen molar-refractivity contribution in [1.82, 2.24) is 9.55 Å². The summed E-state index contributed by atoms with van der Waals surface area (Å²) in [5.74, 6) is 0.625. The molecule has 2 aromatic rings. The van der Waals surface area contributed by atoms with Crippen LogP contribution >= 0.6 is 22.9 Å². The molecule has 0 aliphatic carbocycles. The van der Waals surface area contributed by atoms with E-state index in [1.807, 2.05) is 12.4 Å². The molecule has 0 radical (unpaired) electrons. The summed E-state index contributed by atoms with van der Waals surface area (Å²) in [6.07, 6.45) is 2.76. The van der Waals surface area contributed by atoms with Gasteiger partial charge in [-0.2, -0.15) is 0 Å². The van der Waals surface area contributed by atoms with Crippen LogP contribution in [-0.4, -0.2) is 14.7 Å². The highest BCUT2D eigenvalue weighted by Gasteiger charge is 2.15. The third kappa shape index (κ3) is 1.68. The van der Waals surface area contributed by atoms with E-state index in [9.17, 15) is 5.11 Å². The van der Waals surface area contributed by atoms with E-state index in [1.54, 1.807) is 23.0 Å². The second-order valence-electron chi connectivity index (χ2n) is 2.98. The minimum Gasteiger partial charge on any atom is -0.380 e. The summed E-state index contributed by atoms with van der Waals surface area (Å²) in [6, 6.07) is 1.76. The fraction of sp³-hybridized carbons (Fsp3) is 0.222. The molecule has 2 rings (SSSR count). The van der Waals surface area contributed by atoms with Gasteiger partial charge >= 0.3 is 0 Å². The monoisotopic (exact) mass is 228 g/mol. The van der Waals surface area contributed by atoms with E-state index in [0.717, 1.165) is 5.56 Å². The first-order valence-corrected chi connectivity index (χ1v) is 5.33. The number of aromatic nitrogens is 2. The molecule has 2 heterocycles. The quantitative estimate of drug-likeness (QED) is 0.856. The molecule has 14 heavy (non-hydrogen) atoms. The van der Waals surface area contributed by atoms with Gasteiger partial charge in [-0.1, -0.05) is 11.6 Å². The van der Waals surface area contributed by atoms with Crippen molar-refractivity contribution < 1.29 is 5.11 Å². The Hall–Kier alpha value is -0.840. The van der Waals surface area contributed by atoms with Crippen LogP contribution in [0.4, 0.5) is 0 Å². The highest BCUT2D eigenvalue weighted by atomic mass is 35.5. The Morgan fingerprint density at radius 2 is 2.43 bits per heavy atom. The molecule has 74 valence electrons. The first-order chi connectivity index (χ1) is 6.68. The van der Waals surface area contributed by atoms with Crippen LogP contribution < -0.4 is 0 Å². The first kappa shape index (κ1) is 9.71. The Bertz CT molecular complexity index is 437. The van der Waals surface area contributed by atoms with Crippen molar-refractivity contribution in [3.63, 3.8) is 0 Å². The average Bonchev–Trinajstić information content (AvgIpc) is 2.73. The van der Waals surface area contributed by atoms with Crippen molar-refractivity contribution in [3.05, 3.63) is 39.6 Å². The molecule has 3 nitrogen and oxygen atoms in total. The summed E-state index contributed by atoms with van der Waals surface area (Å²) in [6.45, 7) is 0. The second-order valence-corrected chi connectivity index (χ2v) is 4.53. The van der Waals surface area contributed by atoms with E-state index in [1.165, 1.54) is 11.3 Å². The van der Waals surface area contributed by atoms with Gasteiger partial charge in [-0.05, 0) is 11.4 Å². The Labute approximate surface area is 90.6 Å². The number of aliphatic hydroxyl groups is 1. The number of hydrogen-bond acceptors (Lipinski definition) is 3. The number of imidazole rings is 1. The molecular weight excluding hydrogens is 220 g/mol. The third-order valence-electron chi connectivity index (χ3n) is 2.01. The number of thiophene rings is 1. The smallest absolute Gasteiger partial charge is 0.142 e. The molecule has 1 atom stereocenters. The molecule has 0 aromatic carbocycles. The van der Waals surface area contributed by atoms with Gasteiger partial charge in [0, 0.05) is 25.0 Å². The van der Waals surface area contributed by atoms with Crippen molar-refractivity contribution in [2.45, 2.75) is 6.10 Å². The molecular formula is C9H9ClN2OS. The molecule has 1 unspecified atom stereocenters. The van der Waals surface area contributed by atoms with Crippen molar-refractivity contribution in [3.8, 4) is 0 Å². The van der Waals surface area contributed by atoms with Crippen molar-refractivity contribution in [2.24, 2.45) is 7.05 Å². The van der Waals surface area contributed by atoms with Gasteiger partial charge in [-0.15, -0.1) is 11.3 Å². The summed E-state index contributed by atoms with van der Waals surface area (Å²) >= 11 is 7.19. The number of halogens is 1. The summed E-state index contributed by atoms with van der Waals surface area (Å²) < 4.78 is 2.46. The van der Waals surface area contributed by atoms with Gasteiger partial charge in [0.25, 0.3) is 0 Å². The fourth-order valence-corrected chi connectivity index (χ4v) is 2.17. The Kier molecular flexibility index (Phi) is 2.58. The Balaban J connectivity index is 2.33. The van der Waals surface area contributed by atoms with Gasteiger partial charge < -0.3 is 9.67 Å². The van der Waals surface area contributed by atoms with Crippen LogP contribution in [0, 0.1) is 0 Å². The average molecular weight is 229 g/mol.